The molecule has 0 aliphatic heterocycles. The van der Waals surface area contributed by atoms with E-state index in [1.807, 2.05) is 0 Å². The molecular weight excluding hydrogens is 273 g/mol. The number of hydrogen-bond acceptors (Lipinski definition) is 3. The van der Waals surface area contributed by atoms with E-state index in [0.717, 1.165) is 12.1 Å². The second kappa shape index (κ2) is 4.99. The van der Waals surface area contributed by atoms with E-state index in [-0.39, 0.29) is 5.69 Å². The first-order chi connectivity index (χ1) is 9.30. The van der Waals surface area contributed by atoms with Gasteiger partial charge in [-0.1, -0.05) is 17.3 Å². The number of aryl methyl sites for hydroxylation is 2. The molecule has 0 aliphatic carbocycles. The van der Waals surface area contributed by atoms with Crippen molar-refractivity contribution in [2.24, 2.45) is 0 Å². The van der Waals surface area contributed by atoms with E-state index < -0.39 is 23.2 Å². The summed E-state index contributed by atoms with van der Waals surface area (Å²) in [5.41, 5.74) is -0.739. The van der Waals surface area contributed by atoms with Crippen LogP contribution in [0.2, 0.25) is 0 Å². The molecule has 1 heterocycles. The Hall–Kier alpha value is -2.31. The highest BCUT2D eigenvalue weighted by atomic mass is 19.4. The zero-order valence-corrected chi connectivity index (χ0v) is 10.7. The maximum atomic E-state index is 12.8. The summed E-state index contributed by atoms with van der Waals surface area (Å²) < 4.78 is 43.3. The van der Waals surface area contributed by atoms with Crippen LogP contribution in [0.5, 0.6) is 0 Å². The number of carbonyl (C=O) groups excluding carboxylic acids is 1. The number of alkyl halides is 3. The van der Waals surface area contributed by atoms with Gasteiger partial charge >= 0.3 is 6.18 Å². The van der Waals surface area contributed by atoms with E-state index in [1.165, 1.54) is 12.1 Å². The number of anilines is 1. The number of carbonyl (C=O) groups is 1. The van der Waals surface area contributed by atoms with Crippen LogP contribution in [-0.4, -0.2) is 11.1 Å². The number of nitrogens with zero attached hydrogens (tertiary/aromatic N) is 1. The minimum Gasteiger partial charge on any atom is -0.359 e. The first-order valence-electron chi connectivity index (χ1n) is 5.71. The maximum Gasteiger partial charge on any atom is 0.417 e. The molecule has 7 heteroatoms. The molecule has 106 valence electrons. The molecule has 0 bridgehead atoms. The number of hydrogen-bond donors (Lipinski definition) is 1. The standard InChI is InChI=1S/C13H11F3N2O2/c1-7-11(8(2)20-18-7)17-12(19)9-5-3-4-6-10(9)13(14,15)16/h3-6H,1-2H3,(H,17,19). The Balaban J connectivity index is 2.36. The van der Waals surface area contributed by atoms with E-state index in [4.69, 9.17) is 4.52 Å². The van der Waals surface area contributed by atoms with Crippen LogP contribution >= 0.6 is 0 Å². The fourth-order valence-electron chi connectivity index (χ4n) is 1.77. The molecule has 2 rings (SSSR count). The van der Waals surface area contributed by atoms with Crippen LogP contribution in [0.4, 0.5) is 18.9 Å². The van der Waals surface area contributed by atoms with Gasteiger partial charge in [0, 0.05) is 0 Å². The molecule has 1 N–H and O–H groups in total. The van der Waals surface area contributed by atoms with E-state index in [1.54, 1.807) is 13.8 Å². The summed E-state index contributed by atoms with van der Waals surface area (Å²) in [5.74, 6) is -0.521. The summed E-state index contributed by atoms with van der Waals surface area (Å²) in [4.78, 5) is 12.0. The molecule has 0 saturated carbocycles. The van der Waals surface area contributed by atoms with Crippen LogP contribution in [0.1, 0.15) is 27.4 Å². The molecule has 0 fully saturated rings. The summed E-state index contributed by atoms with van der Waals surface area (Å²) in [6.45, 7) is 3.15. The Kier molecular flexibility index (Phi) is 3.52. The molecule has 2 aromatic rings. The number of benzene rings is 1. The molecule has 0 radical (unpaired) electrons. The number of amides is 1. The SMILES string of the molecule is Cc1noc(C)c1NC(=O)c1ccccc1C(F)(F)F. The van der Waals surface area contributed by atoms with Crippen molar-refractivity contribution >= 4 is 11.6 Å². The average molecular weight is 284 g/mol. The molecule has 0 unspecified atom stereocenters. The summed E-state index contributed by atoms with van der Waals surface area (Å²) >= 11 is 0. The van der Waals surface area contributed by atoms with Crippen molar-refractivity contribution in [2.75, 3.05) is 5.32 Å². The van der Waals surface area contributed by atoms with E-state index >= 15 is 0 Å². The Morgan fingerprint density at radius 3 is 2.45 bits per heavy atom. The summed E-state index contributed by atoms with van der Waals surface area (Å²) in [6, 6.07) is 4.59. The van der Waals surface area contributed by atoms with Gasteiger partial charge in [-0.15, -0.1) is 0 Å². The smallest absolute Gasteiger partial charge is 0.359 e. The van der Waals surface area contributed by atoms with E-state index in [9.17, 15) is 18.0 Å². The molecule has 0 saturated heterocycles. The van der Waals surface area contributed by atoms with Crippen molar-refractivity contribution in [3.8, 4) is 0 Å². The van der Waals surface area contributed by atoms with Crippen molar-refractivity contribution in [2.45, 2.75) is 20.0 Å². The summed E-state index contributed by atoms with van der Waals surface area (Å²) in [6.07, 6.45) is -4.59. The monoisotopic (exact) mass is 284 g/mol. The molecule has 1 amide bonds. The first kappa shape index (κ1) is 14.1. The molecule has 0 spiro atoms. The molecule has 0 atom stereocenters. The Labute approximate surface area is 112 Å². The topological polar surface area (TPSA) is 55.1 Å². The van der Waals surface area contributed by atoms with Crippen LogP contribution < -0.4 is 5.32 Å². The lowest BCUT2D eigenvalue weighted by Crippen LogP contribution is -2.19. The third-order valence-corrected chi connectivity index (χ3v) is 2.75. The van der Waals surface area contributed by atoms with Crippen LogP contribution in [0.3, 0.4) is 0 Å². The summed E-state index contributed by atoms with van der Waals surface area (Å²) in [5, 5.41) is 6.01. The molecular formula is C13H11F3N2O2. The highest BCUT2D eigenvalue weighted by Crippen LogP contribution is 2.32. The van der Waals surface area contributed by atoms with Crippen molar-refractivity contribution in [1.29, 1.82) is 0 Å². The van der Waals surface area contributed by atoms with Gasteiger partial charge in [0.2, 0.25) is 0 Å². The van der Waals surface area contributed by atoms with Crippen molar-refractivity contribution in [1.82, 2.24) is 5.16 Å². The first-order valence-corrected chi connectivity index (χ1v) is 5.71. The van der Waals surface area contributed by atoms with Gasteiger partial charge in [-0.25, -0.2) is 0 Å². The van der Waals surface area contributed by atoms with Crippen LogP contribution in [0.25, 0.3) is 0 Å². The molecule has 0 aliphatic rings. The van der Waals surface area contributed by atoms with E-state index in [2.05, 4.69) is 10.5 Å². The number of rotatable bonds is 2. The Morgan fingerprint density at radius 1 is 1.25 bits per heavy atom. The maximum absolute atomic E-state index is 12.8. The van der Waals surface area contributed by atoms with Crippen LogP contribution in [-0.2, 0) is 6.18 Å². The lowest BCUT2D eigenvalue weighted by molar-refractivity contribution is -0.137. The van der Waals surface area contributed by atoms with Gasteiger partial charge in [0.15, 0.2) is 5.76 Å². The molecule has 1 aromatic carbocycles. The minimum atomic E-state index is -4.59. The van der Waals surface area contributed by atoms with Crippen molar-refractivity contribution in [3.63, 3.8) is 0 Å². The average Bonchev–Trinajstić information content (AvgIpc) is 2.69. The number of halogens is 3. The number of nitrogens with one attached hydrogen (secondary N) is 1. The van der Waals surface area contributed by atoms with Gasteiger partial charge < -0.3 is 9.84 Å². The molecule has 1 aromatic heterocycles. The lowest BCUT2D eigenvalue weighted by Gasteiger charge is -2.12. The quantitative estimate of drug-likeness (QED) is 0.917. The zero-order chi connectivity index (χ0) is 14.9. The van der Waals surface area contributed by atoms with Crippen molar-refractivity contribution < 1.29 is 22.5 Å². The zero-order valence-electron chi connectivity index (χ0n) is 10.7. The van der Waals surface area contributed by atoms with E-state index in [0.29, 0.717) is 11.5 Å². The molecule has 4 nitrogen and oxygen atoms in total. The van der Waals surface area contributed by atoms with Gasteiger partial charge in [0.05, 0.1) is 11.1 Å². The van der Waals surface area contributed by atoms with Gasteiger partial charge in [-0.05, 0) is 26.0 Å². The minimum absolute atomic E-state index is 0.284. The highest BCUT2D eigenvalue weighted by Gasteiger charge is 2.35. The largest absolute Gasteiger partial charge is 0.417 e. The lowest BCUT2D eigenvalue weighted by atomic mass is 10.1. The third-order valence-electron chi connectivity index (χ3n) is 2.75. The third kappa shape index (κ3) is 2.66. The van der Waals surface area contributed by atoms with Crippen molar-refractivity contribution in [3.05, 3.63) is 46.8 Å². The second-order valence-corrected chi connectivity index (χ2v) is 4.20. The predicted molar refractivity (Wildman–Crippen MR) is 65.4 cm³/mol. The second-order valence-electron chi connectivity index (χ2n) is 4.20. The number of aromatic nitrogens is 1. The fourth-order valence-corrected chi connectivity index (χ4v) is 1.77. The van der Waals surface area contributed by atoms with Gasteiger partial charge in [-0.2, -0.15) is 13.2 Å². The fraction of sp³-hybridized carbons (Fsp3) is 0.231. The molecule has 20 heavy (non-hydrogen) atoms. The van der Waals surface area contributed by atoms with Gasteiger partial charge in [0.25, 0.3) is 5.91 Å². The van der Waals surface area contributed by atoms with Gasteiger partial charge in [0.1, 0.15) is 11.4 Å². The summed E-state index contributed by atoms with van der Waals surface area (Å²) in [7, 11) is 0. The normalized spacial score (nSPS) is 11.4. The van der Waals surface area contributed by atoms with Crippen LogP contribution in [0.15, 0.2) is 28.8 Å². The predicted octanol–water partition coefficient (Wildman–Crippen LogP) is 3.56. The highest BCUT2D eigenvalue weighted by molar-refractivity contribution is 6.05. The Morgan fingerprint density at radius 2 is 1.90 bits per heavy atom. The van der Waals surface area contributed by atoms with Gasteiger partial charge in [-0.3, -0.25) is 4.79 Å². The Bertz CT molecular complexity index is 628. The van der Waals surface area contributed by atoms with Crippen LogP contribution in [0, 0.1) is 13.8 Å².